The van der Waals surface area contributed by atoms with Crippen molar-refractivity contribution in [3.05, 3.63) is 42.5 Å². The highest BCUT2D eigenvalue weighted by Gasteiger charge is 2.61. The highest BCUT2D eigenvalue weighted by Crippen LogP contribution is 2.49. The van der Waals surface area contributed by atoms with Crippen molar-refractivity contribution in [3.8, 4) is 11.5 Å². The Hall–Kier alpha value is -3.33. The molecular weight excluding hydrogens is 416 g/mol. The number of ether oxygens (including phenoxy) is 1. The third kappa shape index (κ3) is 3.24. The van der Waals surface area contributed by atoms with Crippen LogP contribution in [0, 0.1) is 5.92 Å². The predicted molar refractivity (Wildman–Crippen MR) is 115 cm³/mol. The van der Waals surface area contributed by atoms with Gasteiger partial charge in [-0.25, -0.2) is 18.4 Å². The number of imidazole rings is 1. The third-order valence-electron chi connectivity index (χ3n) is 6.16. The van der Waals surface area contributed by atoms with Crippen molar-refractivity contribution in [3.63, 3.8) is 0 Å². The summed E-state index contributed by atoms with van der Waals surface area (Å²) >= 11 is 0. The number of benzene rings is 2. The lowest BCUT2D eigenvalue weighted by Crippen LogP contribution is -2.19. The Kier molecular flexibility index (Phi) is 4.29. The van der Waals surface area contributed by atoms with E-state index in [1.807, 2.05) is 35.0 Å². The normalized spacial score (nSPS) is 22.3. The molecule has 2 aliphatic rings. The van der Waals surface area contributed by atoms with Crippen LogP contribution in [-0.4, -0.2) is 38.2 Å². The number of carbonyl (C=O) groups excluding carboxylic acids is 1. The van der Waals surface area contributed by atoms with E-state index in [1.165, 1.54) is 0 Å². The Bertz CT molecular complexity index is 1310. The van der Waals surface area contributed by atoms with Gasteiger partial charge in [-0.05, 0) is 49.6 Å². The number of para-hydroxylation sites is 2. The number of carbonyl (C=O) groups is 1. The largest absolute Gasteiger partial charge is 0.356 e. The number of rotatable bonds is 4. The number of H-pyrrole nitrogens is 1. The number of fused-ring (bicyclic) bond motifs is 2. The van der Waals surface area contributed by atoms with E-state index in [0.29, 0.717) is 23.8 Å². The number of hydrogen-bond acceptors (Lipinski definition) is 4. The maximum atomic E-state index is 13.3. The van der Waals surface area contributed by atoms with Gasteiger partial charge in [0, 0.05) is 24.1 Å². The zero-order valence-electron chi connectivity index (χ0n) is 17.1. The fourth-order valence-electron chi connectivity index (χ4n) is 4.32. The van der Waals surface area contributed by atoms with Crippen molar-refractivity contribution in [1.82, 2.24) is 19.7 Å². The van der Waals surface area contributed by atoms with Gasteiger partial charge in [-0.3, -0.25) is 4.79 Å². The van der Waals surface area contributed by atoms with Crippen LogP contribution >= 0.6 is 0 Å². The molecule has 0 spiro atoms. The minimum atomic E-state index is -2.91. The molecule has 4 aromatic rings. The highest BCUT2D eigenvalue weighted by atomic mass is 19.3. The molecule has 2 fully saturated rings. The molecule has 1 aliphatic carbocycles. The molecule has 7 nitrogen and oxygen atoms in total. The molecule has 2 atom stereocenters. The molecule has 1 amide bonds. The standard InChI is InChI=1S/C23H21F2N5O2/c24-23(25)12-15(23)22(31)26-13-8-9-18-14(11-13)20(29-30(18)19-7-3-4-10-32-19)21-27-16-5-1-2-6-17(16)28-21/h1-2,5-6,8-9,11,15,19H,3-4,7,10,12H2,(H,26,31)(H,27,28). The number of alkyl halides is 2. The van der Waals surface area contributed by atoms with E-state index >= 15 is 0 Å². The van der Waals surface area contributed by atoms with Gasteiger partial charge in [0.2, 0.25) is 5.91 Å². The van der Waals surface area contributed by atoms with Gasteiger partial charge in [0.05, 0.1) is 16.6 Å². The number of nitrogens with one attached hydrogen (secondary N) is 2. The van der Waals surface area contributed by atoms with Gasteiger partial charge in [-0.2, -0.15) is 5.10 Å². The third-order valence-corrected chi connectivity index (χ3v) is 6.16. The van der Waals surface area contributed by atoms with E-state index in [9.17, 15) is 13.6 Å². The van der Waals surface area contributed by atoms with Crippen LogP contribution in [0.15, 0.2) is 42.5 Å². The number of nitrogens with zero attached hydrogens (tertiary/aromatic N) is 3. The first-order valence-corrected chi connectivity index (χ1v) is 10.8. The minimum Gasteiger partial charge on any atom is -0.356 e. The first kappa shape index (κ1) is 19.4. The summed E-state index contributed by atoms with van der Waals surface area (Å²) in [4.78, 5) is 20.2. The molecule has 9 heteroatoms. The first-order valence-electron chi connectivity index (χ1n) is 10.8. The smallest absolute Gasteiger partial charge is 0.260 e. The molecule has 164 valence electrons. The monoisotopic (exact) mass is 437 g/mol. The summed E-state index contributed by atoms with van der Waals surface area (Å²) in [5, 5.41) is 8.22. The van der Waals surface area contributed by atoms with E-state index in [2.05, 4.69) is 15.3 Å². The van der Waals surface area contributed by atoms with Crippen LogP contribution in [0.1, 0.15) is 31.9 Å². The highest BCUT2D eigenvalue weighted by molar-refractivity contribution is 6.00. The SMILES string of the molecule is O=C(Nc1ccc2c(c1)c(-c1nc3ccccc3[nH]1)nn2C1CCCCO1)C1CC1(F)F. The van der Waals surface area contributed by atoms with Crippen LogP contribution in [0.4, 0.5) is 14.5 Å². The summed E-state index contributed by atoms with van der Waals surface area (Å²) in [6, 6.07) is 13.0. The second kappa shape index (κ2) is 7.09. The van der Waals surface area contributed by atoms with E-state index in [4.69, 9.17) is 9.84 Å². The molecule has 1 saturated carbocycles. The number of aromatic nitrogens is 4. The maximum absolute atomic E-state index is 13.3. The zero-order valence-corrected chi connectivity index (χ0v) is 17.1. The molecule has 0 bridgehead atoms. The fraction of sp³-hybridized carbons (Fsp3) is 0.348. The van der Waals surface area contributed by atoms with E-state index in [0.717, 1.165) is 41.2 Å². The summed E-state index contributed by atoms with van der Waals surface area (Å²) in [6.07, 6.45) is 2.34. The van der Waals surface area contributed by atoms with Crippen molar-refractivity contribution < 1.29 is 18.3 Å². The Labute approximate surface area is 181 Å². The molecule has 2 N–H and O–H groups in total. The number of hydrogen-bond donors (Lipinski definition) is 2. The summed E-state index contributed by atoms with van der Waals surface area (Å²) in [7, 11) is 0. The quantitative estimate of drug-likeness (QED) is 0.477. The van der Waals surface area contributed by atoms with Crippen molar-refractivity contribution >= 4 is 33.5 Å². The lowest BCUT2D eigenvalue weighted by Gasteiger charge is -2.23. The van der Waals surface area contributed by atoms with Crippen LogP contribution < -0.4 is 5.32 Å². The average molecular weight is 437 g/mol. The Morgan fingerprint density at radius 3 is 2.81 bits per heavy atom. The van der Waals surface area contributed by atoms with E-state index in [1.54, 1.807) is 12.1 Å². The lowest BCUT2D eigenvalue weighted by molar-refractivity contribution is -0.119. The number of aromatic amines is 1. The Morgan fingerprint density at radius 2 is 2.06 bits per heavy atom. The number of anilines is 1. The van der Waals surface area contributed by atoms with Gasteiger partial charge in [0.15, 0.2) is 12.1 Å². The molecule has 2 aromatic carbocycles. The molecule has 2 aromatic heterocycles. The second-order valence-electron chi connectivity index (χ2n) is 8.46. The number of halogens is 2. The minimum absolute atomic E-state index is 0.185. The van der Waals surface area contributed by atoms with Gasteiger partial charge in [-0.15, -0.1) is 0 Å². The molecule has 3 heterocycles. The molecule has 1 saturated heterocycles. The summed E-state index contributed by atoms with van der Waals surface area (Å²) in [6.45, 7) is 0.676. The zero-order chi connectivity index (χ0) is 21.9. The van der Waals surface area contributed by atoms with Crippen molar-refractivity contribution in [2.24, 2.45) is 5.92 Å². The van der Waals surface area contributed by atoms with Crippen molar-refractivity contribution in [1.29, 1.82) is 0 Å². The first-order chi connectivity index (χ1) is 15.5. The van der Waals surface area contributed by atoms with Gasteiger partial charge >= 0.3 is 0 Å². The lowest BCUT2D eigenvalue weighted by atomic mass is 10.1. The molecule has 6 rings (SSSR count). The molecular formula is C23H21F2N5O2. The van der Waals surface area contributed by atoms with Gasteiger partial charge < -0.3 is 15.0 Å². The van der Waals surface area contributed by atoms with E-state index in [-0.39, 0.29) is 6.23 Å². The van der Waals surface area contributed by atoms with Crippen LogP contribution in [-0.2, 0) is 9.53 Å². The van der Waals surface area contributed by atoms with E-state index < -0.39 is 24.2 Å². The Balaban J connectivity index is 1.44. The van der Waals surface area contributed by atoms with Gasteiger partial charge in [0.1, 0.15) is 11.6 Å². The van der Waals surface area contributed by atoms with Gasteiger partial charge in [-0.1, -0.05) is 12.1 Å². The Morgan fingerprint density at radius 1 is 1.22 bits per heavy atom. The van der Waals surface area contributed by atoms with Crippen molar-refractivity contribution in [2.45, 2.75) is 37.8 Å². The molecule has 0 radical (unpaired) electrons. The molecule has 2 unspecified atom stereocenters. The fourth-order valence-corrected chi connectivity index (χ4v) is 4.32. The van der Waals surface area contributed by atoms with Crippen LogP contribution in [0.5, 0.6) is 0 Å². The topological polar surface area (TPSA) is 84.8 Å². The van der Waals surface area contributed by atoms with Crippen LogP contribution in [0.2, 0.25) is 0 Å². The van der Waals surface area contributed by atoms with Gasteiger partial charge in [0.25, 0.3) is 5.92 Å². The number of amides is 1. The summed E-state index contributed by atoms with van der Waals surface area (Å²) in [5.74, 6) is -4.23. The molecule has 32 heavy (non-hydrogen) atoms. The van der Waals surface area contributed by atoms with Crippen molar-refractivity contribution in [2.75, 3.05) is 11.9 Å². The molecule has 1 aliphatic heterocycles. The second-order valence-corrected chi connectivity index (χ2v) is 8.46. The maximum Gasteiger partial charge on any atom is 0.260 e. The summed E-state index contributed by atoms with van der Waals surface area (Å²) in [5.41, 5.74) is 3.62. The average Bonchev–Trinajstić information content (AvgIpc) is 3.13. The van der Waals surface area contributed by atoms with Crippen LogP contribution in [0.3, 0.4) is 0 Å². The predicted octanol–water partition coefficient (Wildman–Crippen LogP) is 4.87. The van der Waals surface area contributed by atoms with Crippen LogP contribution in [0.25, 0.3) is 33.5 Å². The summed E-state index contributed by atoms with van der Waals surface area (Å²) < 4.78 is 34.4.